The molecular formula is C14H15Cl2N3O2. The molecule has 3 rings (SSSR count). The molecule has 0 radical (unpaired) electrons. The van der Waals surface area contributed by atoms with Crippen LogP contribution in [0.25, 0.3) is 0 Å². The normalized spacial score (nSPS) is 18.1. The van der Waals surface area contributed by atoms with Crippen molar-refractivity contribution in [3.63, 3.8) is 0 Å². The third kappa shape index (κ3) is 3.00. The van der Waals surface area contributed by atoms with E-state index in [1.54, 1.807) is 18.2 Å². The van der Waals surface area contributed by atoms with Gasteiger partial charge in [0.05, 0.1) is 5.54 Å². The Hall–Kier alpha value is -1.30. The van der Waals surface area contributed by atoms with E-state index in [1.807, 2.05) is 6.92 Å². The first-order chi connectivity index (χ1) is 9.96. The summed E-state index contributed by atoms with van der Waals surface area (Å²) in [4.78, 5) is 4.35. The molecule has 1 unspecified atom stereocenters. The van der Waals surface area contributed by atoms with Crippen LogP contribution in [0.2, 0.25) is 10.0 Å². The highest BCUT2D eigenvalue weighted by Gasteiger charge is 2.39. The third-order valence-corrected chi connectivity index (χ3v) is 4.07. The summed E-state index contributed by atoms with van der Waals surface area (Å²) in [6.45, 7) is 1.82. The lowest BCUT2D eigenvalue weighted by molar-refractivity contribution is 0.174. The summed E-state index contributed by atoms with van der Waals surface area (Å²) in [5.41, 5.74) is 5.73. The number of aromatic nitrogens is 2. The molecule has 1 atom stereocenters. The van der Waals surface area contributed by atoms with Gasteiger partial charge in [0.1, 0.15) is 5.75 Å². The Balaban J connectivity index is 1.74. The summed E-state index contributed by atoms with van der Waals surface area (Å²) in [5, 5.41) is 4.98. The molecule has 1 aromatic heterocycles. The van der Waals surface area contributed by atoms with Gasteiger partial charge in [-0.3, -0.25) is 0 Å². The molecule has 2 aromatic rings. The number of benzene rings is 1. The number of rotatable bonds is 4. The molecule has 21 heavy (non-hydrogen) atoms. The zero-order valence-electron chi connectivity index (χ0n) is 11.5. The Kier molecular flexibility index (Phi) is 3.82. The number of halogens is 2. The van der Waals surface area contributed by atoms with Crippen molar-refractivity contribution < 1.29 is 9.26 Å². The fraction of sp³-hybridized carbons (Fsp3) is 0.429. The van der Waals surface area contributed by atoms with Gasteiger partial charge >= 0.3 is 0 Å². The molecule has 1 aromatic carbocycles. The summed E-state index contributed by atoms with van der Waals surface area (Å²) >= 11 is 11.9. The first-order valence-electron chi connectivity index (χ1n) is 6.72. The Labute approximate surface area is 132 Å². The fourth-order valence-electron chi connectivity index (χ4n) is 2.23. The minimum atomic E-state index is -0.444. The van der Waals surface area contributed by atoms with E-state index in [0.29, 0.717) is 27.5 Å². The molecule has 0 bridgehead atoms. The van der Waals surface area contributed by atoms with Crippen LogP contribution in [-0.2, 0) is 5.54 Å². The van der Waals surface area contributed by atoms with Gasteiger partial charge in [-0.25, -0.2) is 0 Å². The predicted octanol–water partition coefficient (Wildman–Crippen LogP) is 3.85. The fourth-order valence-corrected chi connectivity index (χ4v) is 2.74. The lowest BCUT2D eigenvalue weighted by Gasteiger charge is -2.34. The van der Waals surface area contributed by atoms with E-state index < -0.39 is 11.6 Å². The molecule has 112 valence electrons. The van der Waals surface area contributed by atoms with Crippen LogP contribution < -0.4 is 10.5 Å². The zero-order chi connectivity index (χ0) is 15.0. The quantitative estimate of drug-likeness (QED) is 0.922. The largest absolute Gasteiger partial charge is 0.481 e. The zero-order valence-corrected chi connectivity index (χ0v) is 13.0. The number of hydrogen-bond donors (Lipinski definition) is 1. The van der Waals surface area contributed by atoms with Crippen molar-refractivity contribution in [2.45, 2.75) is 37.8 Å². The highest BCUT2D eigenvalue weighted by atomic mass is 35.5. The van der Waals surface area contributed by atoms with Gasteiger partial charge in [0, 0.05) is 10.0 Å². The number of nitrogens with zero attached hydrogens (tertiary/aromatic N) is 2. The summed E-state index contributed by atoms with van der Waals surface area (Å²) < 4.78 is 11.0. The van der Waals surface area contributed by atoms with Crippen LogP contribution in [0.15, 0.2) is 22.7 Å². The van der Waals surface area contributed by atoms with Crippen molar-refractivity contribution in [2.75, 3.05) is 0 Å². The average molecular weight is 328 g/mol. The van der Waals surface area contributed by atoms with Crippen LogP contribution in [0.4, 0.5) is 0 Å². The van der Waals surface area contributed by atoms with Gasteiger partial charge in [-0.15, -0.1) is 0 Å². The first kappa shape index (κ1) is 14.6. The van der Waals surface area contributed by atoms with Gasteiger partial charge in [-0.1, -0.05) is 28.4 Å². The molecule has 0 aliphatic heterocycles. The second-order valence-corrected chi connectivity index (χ2v) is 6.20. The monoisotopic (exact) mass is 327 g/mol. The highest BCUT2D eigenvalue weighted by Crippen LogP contribution is 2.37. The molecular weight excluding hydrogens is 313 g/mol. The van der Waals surface area contributed by atoms with Crippen LogP contribution in [-0.4, -0.2) is 10.1 Å². The van der Waals surface area contributed by atoms with E-state index in [2.05, 4.69) is 10.1 Å². The lowest BCUT2D eigenvalue weighted by Crippen LogP contribution is -2.44. The number of nitrogens with two attached hydrogens (primary N) is 1. The highest BCUT2D eigenvalue weighted by molar-refractivity contribution is 6.34. The second-order valence-electron chi connectivity index (χ2n) is 5.33. The van der Waals surface area contributed by atoms with Crippen molar-refractivity contribution in [3.05, 3.63) is 40.0 Å². The molecule has 1 aliphatic carbocycles. The van der Waals surface area contributed by atoms with Crippen LogP contribution >= 0.6 is 23.2 Å². The van der Waals surface area contributed by atoms with Crippen molar-refractivity contribution >= 4 is 23.2 Å². The van der Waals surface area contributed by atoms with E-state index >= 15 is 0 Å². The van der Waals surface area contributed by atoms with Gasteiger partial charge in [-0.2, -0.15) is 4.98 Å². The SMILES string of the molecule is CC(Oc1cc(Cl)cc(Cl)c1)c1nc(C2(N)CCC2)no1. The first-order valence-corrected chi connectivity index (χ1v) is 7.48. The molecule has 1 fully saturated rings. The molecule has 5 nitrogen and oxygen atoms in total. The summed E-state index contributed by atoms with van der Waals surface area (Å²) in [6.07, 6.45) is 2.44. The molecule has 0 saturated heterocycles. The smallest absolute Gasteiger partial charge is 0.267 e. The summed E-state index contributed by atoms with van der Waals surface area (Å²) in [7, 11) is 0. The Morgan fingerprint density at radius 2 is 1.95 bits per heavy atom. The topological polar surface area (TPSA) is 74.2 Å². The molecule has 7 heteroatoms. The lowest BCUT2D eigenvalue weighted by atomic mass is 9.77. The molecule has 1 heterocycles. The maximum atomic E-state index is 6.17. The van der Waals surface area contributed by atoms with E-state index in [-0.39, 0.29) is 0 Å². The van der Waals surface area contributed by atoms with Gasteiger partial charge < -0.3 is 15.0 Å². The van der Waals surface area contributed by atoms with E-state index in [9.17, 15) is 0 Å². The minimum absolute atomic E-state index is 0.387. The Morgan fingerprint density at radius 3 is 2.52 bits per heavy atom. The number of hydrogen-bond acceptors (Lipinski definition) is 5. The summed E-state index contributed by atoms with van der Waals surface area (Å²) in [6, 6.07) is 5.00. The Morgan fingerprint density at radius 1 is 1.29 bits per heavy atom. The third-order valence-electron chi connectivity index (χ3n) is 3.63. The molecule has 0 amide bonds. The van der Waals surface area contributed by atoms with Crippen molar-refractivity contribution in [3.8, 4) is 5.75 Å². The predicted molar refractivity (Wildman–Crippen MR) is 79.5 cm³/mol. The van der Waals surface area contributed by atoms with Gasteiger partial charge in [0.15, 0.2) is 11.9 Å². The Bertz CT molecular complexity index is 635. The second kappa shape index (κ2) is 5.48. The van der Waals surface area contributed by atoms with Crippen LogP contribution in [0.1, 0.15) is 44.0 Å². The van der Waals surface area contributed by atoms with Crippen LogP contribution in [0, 0.1) is 0 Å². The van der Waals surface area contributed by atoms with E-state index in [1.165, 1.54) is 0 Å². The minimum Gasteiger partial charge on any atom is -0.481 e. The van der Waals surface area contributed by atoms with E-state index in [4.69, 9.17) is 38.2 Å². The van der Waals surface area contributed by atoms with Gasteiger partial charge in [-0.05, 0) is 44.4 Å². The molecule has 1 saturated carbocycles. The average Bonchev–Trinajstić information content (AvgIpc) is 2.84. The van der Waals surface area contributed by atoms with Crippen molar-refractivity contribution in [1.82, 2.24) is 10.1 Å². The standard InChI is InChI=1S/C14H15Cl2N3O2/c1-8(20-11-6-9(15)5-10(16)7-11)12-18-13(19-21-12)14(17)3-2-4-14/h5-8H,2-4,17H2,1H3. The van der Waals surface area contributed by atoms with E-state index in [0.717, 1.165) is 19.3 Å². The van der Waals surface area contributed by atoms with Gasteiger partial charge in [0.2, 0.25) is 0 Å². The number of ether oxygens (including phenoxy) is 1. The maximum absolute atomic E-state index is 6.17. The van der Waals surface area contributed by atoms with Crippen LogP contribution in [0.3, 0.4) is 0 Å². The molecule has 2 N–H and O–H groups in total. The summed E-state index contributed by atoms with van der Waals surface area (Å²) in [5.74, 6) is 1.48. The van der Waals surface area contributed by atoms with Gasteiger partial charge in [0.25, 0.3) is 5.89 Å². The van der Waals surface area contributed by atoms with Crippen molar-refractivity contribution in [1.29, 1.82) is 0 Å². The van der Waals surface area contributed by atoms with Crippen molar-refractivity contribution in [2.24, 2.45) is 5.73 Å². The molecule has 0 spiro atoms. The van der Waals surface area contributed by atoms with Crippen LogP contribution in [0.5, 0.6) is 5.75 Å². The molecule has 1 aliphatic rings. The maximum Gasteiger partial charge on any atom is 0.267 e.